The Morgan fingerprint density at radius 2 is 1.81 bits per heavy atom. The number of sulfonamides is 1. The molecule has 2 rings (SSSR count). The van der Waals surface area contributed by atoms with Gasteiger partial charge in [-0.2, -0.15) is 0 Å². The van der Waals surface area contributed by atoms with Gasteiger partial charge in [-0.15, -0.1) is 0 Å². The molecule has 0 heterocycles. The minimum absolute atomic E-state index is 0.337. The number of nitrogens with one attached hydrogen (secondary N) is 1. The van der Waals surface area contributed by atoms with Crippen LogP contribution >= 0.6 is 0 Å². The molecule has 0 aliphatic carbocycles. The summed E-state index contributed by atoms with van der Waals surface area (Å²) >= 11 is 0. The summed E-state index contributed by atoms with van der Waals surface area (Å²) in [6.45, 7) is 5.46. The Morgan fingerprint density at radius 3 is 2.33 bits per heavy atom. The van der Waals surface area contributed by atoms with Gasteiger partial charge in [0.25, 0.3) is 0 Å². The molecular weight excluding hydrogens is 364 g/mol. The van der Waals surface area contributed by atoms with E-state index in [1.165, 1.54) is 7.11 Å². The largest absolute Gasteiger partial charge is 0.495 e. The molecule has 0 spiro atoms. The zero-order chi connectivity index (χ0) is 20.2. The van der Waals surface area contributed by atoms with Crippen LogP contribution in [0.4, 0.5) is 11.4 Å². The molecule has 1 amide bonds. The van der Waals surface area contributed by atoms with Gasteiger partial charge in [-0.25, -0.2) is 8.42 Å². The lowest BCUT2D eigenvalue weighted by Gasteiger charge is -2.29. The minimum atomic E-state index is -3.72. The number of hydrogen-bond donors (Lipinski definition) is 1. The second kappa shape index (κ2) is 8.43. The highest BCUT2D eigenvalue weighted by Crippen LogP contribution is 2.32. The molecule has 1 atom stereocenters. The third-order valence-electron chi connectivity index (χ3n) is 4.29. The molecule has 2 aromatic rings. The van der Waals surface area contributed by atoms with Crippen molar-refractivity contribution in [2.24, 2.45) is 0 Å². The topological polar surface area (TPSA) is 75.7 Å². The molecule has 1 N–H and O–H groups in total. The number of carbonyl (C=O) groups is 1. The maximum Gasteiger partial charge on any atom is 0.247 e. The number of aryl methyl sites for hydroxylation is 2. The van der Waals surface area contributed by atoms with Crippen LogP contribution in [0.25, 0.3) is 0 Å². The summed E-state index contributed by atoms with van der Waals surface area (Å²) in [6, 6.07) is 11.7. The molecule has 0 unspecified atom stereocenters. The number of rotatable bonds is 7. The predicted molar refractivity (Wildman–Crippen MR) is 109 cm³/mol. The van der Waals surface area contributed by atoms with Gasteiger partial charge in [0.2, 0.25) is 15.9 Å². The Balaban J connectivity index is 2.36. The summed E-state index contributed by atoms with van der Waals surface area (Å²) in [4.78, 5) is 12.8. The van der Waals surface area contributed by atoms with E-state index in [0.29, 0.717) is 17.1 Å². The van der Waals surface area contributed by atoms with E-state index < -0.39 is 22.0 Å². The van der Waals surface area contributed by atoms with Crippen molar-refractivity contribution in [3.8, 4) is 5.75 Å². The fourth-order valence-electron chi connectivity index (χ4n) is 2.82. The molecule has 0 aliphatic rings. The number of benzene rings is 2. The van der Waals surface area contributed by atoms with Gasteiger partial charge in [-0.1, -0.05) is 25.1 Å². The minimum Gasteiger partial charge on any atom is -0.495 e. The molecule has 27 heavy (non-hydrogen) atoms. The van der Waals surface area contributed by atoms with Crippen LogP contribution in [-0.2, 0) is 21.2 Å². The first-order valence-corrected chi connectivity index (χ1v) is 10.6. The van der Waals surface area contributed by atoms with Gasteiger partial charge in [0.1, 0.15) is 11.8 Å². The Morgan fingerprint density at radius 1 is 1.19 bits per heavy atom. The molecule has 6 nitrogen and oxygen atoms in total. The highest BCUT2D eigenvalue weighted by molar-refractivity contribution is 7.92. The van der Waals surface area contributed by atoms with E-state index in [4.69, 9.17) is 4.74 Å². The van der Waals surface area contributed by atoms with Gasteiger partial charge >= 0.3 is 0 Å². The van der Waals surface area contributed by atoms with Gasteiger partial charge in [-0.05, 0) is 55.7 Å². The normalized spacial score (nSPS) is 12.3. The number of amides is 1. The van der Waals surface area contributed by atoms with E-state index >= 15 is 0 Å². The zero-order valence-electron chi connectivity index (χ0n) is 16.3. The average molecular weight is 391 g/mol. The predicted octanol–water partition coefficient (Wildman–Crippen LogP) is 3.36. The fourth-order valence-corrected chi connectivity index (χ4v) is 3.99. The summed E-state index contributed by atoms with van der Waals surface area (Å²) in [5.41, 5.74) is 2.98. The van der Waals surface area contributed by atoms with Crippen LogP contribution in [0.2, 0.25) is 0 Å². The quantitative estimate of drug-likeness (QED) is 0.787. The molecular formula is C20H26N2O4S. The first-order valence-electron chi connectivity index (χ1n) is 8.71. The first-order chi connectivity index (χ1) is 12.7. The smallest absolute Gasteiger partial charge is 0.247 e. The van der Waals surface area contributed by atoms with Gasteiger partial charge in [0, 0.05) is 5.69 Å². The summed E-state index contributed by atoms with van der Waals surface area (Å²) in [5, 5.41) is 2.78. The molecule has 0 fully saturated rings. The van der Waals surface area contributed by atoms with Crippen LogP contribution in [0.1, 0.15) is 25.0 Å². The second-order valence-corrected chi connectivity index (χ2v) is 8.31. The van der Waals surface area contributed by atoms with Crippen molar-refractivity contribution >= 4 is 27.3 Å². The molecule has 2 aromatic carbocycles. The maximum atomic E-state index is 12.8. The van der Waals surface area contributed by atoms with Crippen molar-refractivity contribution in [1.29, 1.82) is 0 Å². The van der Waals surface area contributed by atoms with Crippen molar-refractivity contribution in [2.75, 3.05) is 23.0 Å². The van der Waals surface area contributed by atoms with Gasteiger partial charge < -0.3 is 10.1 Å². The second-order valence-electron chi connectivity index (χ2n) is 6.45. The molecule has 7 heteroatoms. The van der Waals surface area contributed by atoms with E-state index in [2.05, 4.69) is 12.2 Å². The summed E-state index contributed by atoms with van der Waals surface area (Å²) < 4.78 is 31.4. The molecule has 0 aromatic heterocycles. The van der Waals surface area contributed by atoms with E-state index in [1.807, 2.05) is 37.3 Å². The molecule has 0 saturated carbocycles. The third-order valence-corrected chi connectivity index (χ3v) is 5.52. The van der Waals surface area contributed by atoms with Gasteiger partial charge in [0.15, 0.2) is 0 Å². The standard InChI is InChI=1S/C20H26N2O4S/c1-6-16-8-10-17(11-9-16)21-20(23)15(3)22(27(5,24)25)18-13-14(2)7-12-19(18)26-4/h7-13,15H,6H2,1-5H3,(H,21,23)/t15-/m1/s1. The zero-order valence-corrected chi connectivity index (χ0v) is 17.1. The molecule has 0 bridgehead atoms. The van der Waals surface area contributed by atoms with E-state index in [-0.39, 0.29) is 0 Å². The lowest BCUT2D eigenvalue weighted by Crippen LogP contribution is -2.45. The van der Waals surface area contributed by atoms with Crippen LogP contribution in [0.5, 0.6) is 5.75 Å². The first kappa shape index (κ1) is 20.8. The van der Waals surface area contributed by atoms with Gasteiger partial charge in [-0.3, -0.25) is 9.10 Å². The Kier molecular flexibility index (Phi) is 6.49. The van der Waals surface area contributed by atoms with Gasteiger partial charge in [0.05, 0.1) is 19.1 Å². The monoisotopic (exact) mass is 390 g/mol. The molecule has 0 radical (unpaired) electrons. The fraction of sp³-hybridized carbons (Fsp3) is 0.350. The van der Waals surface area contributed by atoms with Crippen molar-refractivity contribution in [1.82, 2.24) is 0 Å². The lowest BCUT2D eigenvalue weighted by atomic mass is 10.1. The Labute approximate surface area is 161 Å². The Hall–Kier alpha value is -2.54. The summed E-state index contributed by atoms with van der Waals surface area (Å²) in [6.07, 6.45) is 1.98. The molecule has 0 saturated heterocycles. The summed E-state index contributed by atoms with van der Waals surface area (Å²) in [5.74, 6) is -0.0359. The van der Waals surface area contributed by atoms with Crippen LogP contribution < -0.4 is 14.4 Å². The SMILES string of the molecule is CCc1ccc(NC(=O)[C@@H](C)N(c2cc(C)ccc2OC)S(C)(=O)=O)cc1. The molecule has 146 valence electrons. The lowest BCUT2D eigenvalue weighted by molar-refractivity contribution is -0.116. The van der Waals surface area contributed by atoms with Crippen molar-refractivity contribution in [3.05, 3.63) is 53.6 Å². The number of carbonyl (C=O) groups excluding carboxylic acids is 1. The maximum absolute atomic E-state index is 12.8. The number of hydrogen-bond acceptors (Lipinski definition) is 4. The number of nitrogens with zero attached hydrogens (tertiary/aromatic N) is 1. The van der Waals surface area contributed by atoms with Crippen molar-refractivity contribution in [2.45, 2.75) is 33.2 Å². The van der Waals surface area contributed by atoms with Crippen LogP contribution in [0.15, 0.2) is 42.5 Å². The summed E-state index contributed by atoms with van der Waals surface area (Å²) in [7, 11) is -2.26. The number of methoxy groups -OCH3 is 1. The third kappa shape index (κ3) is 5.01. The van der Waals surface area contributed by atoms with E-state index in [9.17, 15) is 13.2 Å². The Bertz CT molecular complexity index is 908. The highest BCUT2D eigenvalue weighted by atomic mass is 32.2. The highest BCUT2D eigenvalue weighted by Gasteiger charge is 2.31. The number of ether oxygens (including phenoxy) is 1. The van der Waals surface area contributed by atoms with Crippen LogP contribution in [0.3, 0.4) is 0 Å². The van der Waals surface area contributed by atoms with Crippen LogP contribution in [-0.4, -0.2) is 33.7 Å². The van der Waals surface area contributed by atoms with E-state index in [0.717, 1.165) is 28.1 Å². The van der Waals surface area contributed by atoms with Crippen LogP contribution in [0, 0.1) is 6.92 Å². The molecule has 0 aliphatic heterocycles. The van der Waals surface area contributed by atoms with Crippen molar-refractivity contribution < 1.29 is 17.9 Å². The number of anilines is 2. The average Bonchev–Trinajstić information content (AvgIpc) is 2.61. The van der Waals surface area contributed by atoms with Crippen molar-refractivity contribution in [3.63, 3.8) is 0 Å². The van der Waals surface area contributed by atoms with E-state index in [1.54, 1.807) is 19.1 Å².